The van der Waals surface area contributed by atoms with Crippen LogP contribution in [0.2, 0.25) is 10.0 Å². The largest absolute Gasteiger partial charge is 0.492 e. The first-order chi connectivity index (χ1) is 10.1. The predicted octanol–water partition coefficient (Wildman–Crippen LogP) is 2.17. The van der Waals surface area contributed by atoms with Gasteiger partial charge in [0.1, 0.15) is 5.75 Å². The Balaban J connectivity index is 1.96. The Kier molecular flexibility index (Phi) is 6.11. The molecule has 0 radical (unpaired) electrons. The van der Waals surface area contributed by atoms with Crippen LogP contribution in [0.25, 0.3) is 0 Å². The first-order valence-corrected chi connectivity index (χ1v) is 7.48. The number of amides is 1. The van der Waals surface area contributed by atoms with Crippen LogP contribution >= 0.6 is 23.2 Å². The van der Waals surface area contributed by atoms with Crippen molar-refractivity contribution in [1.82, 2.24) is 10.6 Å². The summed E-state index contributed by atoms with van der Waals surface area (Å²) in [6.07, 6.45) is 0.759. The number of carbonyl (C=O) groups excluding carboxylic acids is 1. The van der Waals surface area contributed by atoms with E-state index in [1.54, 1.807) is 13.2 Å². The Morgan fingerprint density at radius 2 is 2.29 bits per heavy atom. The lowest BCUT2D eigenvalue weighted by Crippen LogP contribution is -2.38. The van der Waals surface area contributed by atoms with Crippen molar-refractivity contribution in [2.75, 3.05) is 33.4 Å². The van der Waals surface area contributed by atoms with Gasteiger partial charge < -0.3 is 20.1 Å². The zero-order chi connectivity index (χ0) is 15.2. The molecule has 7 heteroatoms. The smallest absolute Gasteiger partial charge is 0.234 e. The molecule has 1 atom stereocenters. The van der Waals surface area contributed by atoms with E-state index >= 15 is 0 Å². The Morgan fingerprint density at radius 1 is 1.48 bits per heavy atom. The van der Waals surface area contributed by atoms with Crippen LogP contribution in [-0.4, -0.2) is 39.3 Å². The summed E-state index contributed by atoms with van der Waals surface area (Å²) in [5.41, 5.74) is 0.892. The van der Waals surface area contributed by atoms with Crippen molar-refractivity contribution in [1.29, 1.82) is 0 Å². The summed E-state index contributed by atoms with van der Waals surface area (Å²) in [6, 6.07) is 3.47. The Hall–Kier alpha value is -1.01. The second-order valence-electron chi connectivity index (χ2n) is 4.72. The molecule has 1 heterocycles. The van der Waals surface area contributed by atoms with Crippen LogP contribution in [0.15, 0.2) is 12.1 Å². The molecule has 5 nitrogen and oxygen atoms in total. The number of methoxy groups -OCH3 is 1. The molecule has 1 aromatic rings. The van der Waals surface area contributed by atoms with Crippen LogP contribution in [0.5, 0.6) is 5.75 Å². The molecule has 21 heavy (non-hydrogen) atoms. The van der Waals surface area contributed by atoms with Crippen molar-refractivity contribution in [3.63, 3.8) is 0 Å². The van der Waals surface area contributed by atoms with E-state index in [-0.39, 0.29) is 18.5 Å². The van der Waals surface area contributed by atoms with E-state index in [0.717, 1.165) is 12.0 Å². The summed E-state index contributed by atoms with van der Waals surface area (Å²) in [5, 5.41) is 7.02. The van der Waals surface area contributed by atoms with E-state index in [0.29, 0.717) is 35.6 Å². The van der Waals surface area contributed by atoms with Crippen LogP contribution in [0.1, 0.15) is 18.0 Å². The normalized spacial score (nSPS) is 17.0. The number of ether oxygens (including phenoxy) is 2. The highest BCUT2D eigenvalue weighted by molar-refractivity contribution is 6.35. The van der Waals surface area contributed by atoms with E-state index in [1.165, 1.54) is 0 Å². The fraction of sp³-hybridized carbons (Fsp3) is 0.500. The maximum Gasteiger partial charge on any atom is 0.234 e. The minimum Gasteiger partial charge on any atom is -0.492 e. The molecule has 1 aromatic carbocycles. The Bertz CT molecular complexity index is 511. The molecule has 0 bridgehead atoms. The van der Waals surface area contributed by atoms with Gasteiger partial charge in [0.15, 0.2) is 0 Å². The molecule has 0 saturated carbocycles. The van der Waals surface area contributed by atoms with Gasteiger partial charge >= 0.3 is 0 Å². The van der Waals surface area contributed by atoms with Crippen molar-refractivity contribution >= 4 is 29.1 Å². The van der Waals surface area contributed by atoms with Gasteiger partial charge in [-0.3, -0.25) is 4.79 Å². The average Bonchev–Trinajstić information content (AvgIpc) is 2.45. The quantitative estimate of drug-likeness (QED) is 0.784. The second-order valence-corrected chi connectivity index (χ2v) is 5.56. The van der Waals surface area contributed by atoms with Gasteiger partial charge in [0.25, 0.3) is 0 Å². The monoisotopic (exact) mass is 332 g/mol. The van der Waals surface area contributed by atoms with Crippen molar-refractivity contribution in [2.45, 2.75) is 12.5 Å². The third kappa shape index (κ3) is 4.48. The standard InChI is InChI=1S/C14H18Cl2N2O3/c1-20-5-3-17-13(19)8-18-12-2-4-21-14-10(12)6-9(15)7-11(14)16/h6-7,12,18H,2-5,8H2,1H3,(H,17,19). The van der Waals surface area contributed by atoms with E-state index < -0.39 is 0 Å². The van der Waals surface area contributed by atoms with Crippen LogP contribution in [0.4, 0.5) is 0 Å². The van der Waals surface area contributed by atoms with E-state index in [2.05, 4.69) is 10.6 Å². The van der Waals surface area contributed by atoms with Gasteiger partial charge in [0.05, 0.1) is 24.8 Å². The van der Waals surface area contributed by atoms with Crippen molar-refractivity contribution < 1.29 is 14.3 Å². The van der Waals surface area contributed by atoms with Crippen LogP contribution < -0.4 is 15.4 Å². The maximum atomic E-state index is 11.7. The van der Waals surface area contributed by atoms with Gasteiger partial charge in [-0.25, -0.2) is 0 Å². The molecule has 1 aliphatic rings. The number of benzene rings is 1. The SMILES string of the molecule is COCCNC(=O)CNC1CCOc2c(Cl)cc(Cl)cc21. The summed E-state index contributed by atoms with van der Waals surface area (Å²) < 4.78 is 10.5. The van der Waals surface area contributed by atoms with Crippen LogP contribution in [0, 0.1) is 0 Å². The minimum atomic E-state index is -0.0757. The van der Waals surface area contributed by atoms with Crippen molar-refractivity contribution in [3.8, 4) is 5.75 Å². The Morgan fingerprint density at radius 3 is 3.05 bits per heavy atom. The lowest BCUT2D eigenvalue weighted by molar-refractivity contribution is -0.120. The highest BCUT2D eigenvalue weighted by Crippen LogP contribution is 2.39. The molecule has 1 amide bonds. The second kappa shape index (κ2) is 7.84. The number of halogens is 2. The molecule has 116 valence electrons. The summed E-state index contributed by atoms with van der Waals surface area (Å²) in [5.74, 6) is 0.567. The molecule has 2 N–H and O–H groups in total. The zero-order valence-electron chi connectivity index (χ0n) is 11.7. The van der Waals surface area contributed by atoms with Gasteiger partial charge in [-0.15, -0.1) is 0 Å². The molecule has 0 fully saturated rings. The molecule has 2 rings (SSSR count). The summed E-state index contributed by atoms with van der Waals surface area (Å²) in [7, 11) is 1.59. The number of carbonyl (C=O) groups is 1. The Labute approximate surface area is 133 Å². The van der Waals surface area contributed by atoms with E-state index in [1.807, 2.05) is 6.07 Å². The number of fused-ring (bicyclic) bond motifs is 1. The van der Waals surface area contributed by atoms with Crippen molar-refractivity contribution in [3.05, 3.63) is 27.7 Å². The first-order valence-electron chi connectivity index (χ1n) is 6.72. The van der Waals surface area contributed by atoms with Crippen LogP contribution in [0.3, 0.4) is 0 Å². The fourth-order valence-electron chi connectivity index (χ4n) is 2.21. The highest BCUT2D eigenvalue weighted by atomic mass is 35.5. The summed E-state index contributed by atoms with van der Waals surface area (Å²) in [4.78, 5) is 11.7. The lowest BCUT2D eigenvalue weighted by atomic mass is 10.0. The average molecular weight is 333 g/mol. The maximum absolute atomic E-state index is 11.7. The first kappa shape index (κ1) is 16.4. The fourth-order valence-corrected chi connectivity index (χ4v) is 2.77. The number of hydrogen-bond acceptors (Lipinski definition) is 4. The lowest BCUT2D eigenvalue weighted by Gasteiger charge is -2.27. The zero-order valence-corrected chi connectivity index (χ0v) is 13.3. The molecular weight excluding hydrogens is 315 g/mol. The highest BCUT2D eigenvalue weighted by Gasteiger charge is 2.24. The summed E-state index contributed by atoms with van der Waals surface area (Å²) in [6.45, 7) is 1.77. The molecule has 1 aliphatic heterocycles. The van der Waals surface area contributed by atoms with Gasteiger partial charge in [0.2, 0.25) is 5.91 Å². The molecule has 0 saturated heterocycles. The molecule has 0 aromatic heterocycles. The molecule has 0 aliphatic carbocycles. The van der Waals surface area contributed by atoms with Crippen molar-refractivity contribution in [2.24, 2.45) is 0 Å². The van der Waals surface area contributed by atoms with E-state index in [4.69, 9.17) is 32.7 Å². The predicted molar refractivity (Wildman–Crippen MR) is 82.2 cm³/mol. The van der Waals surface area contributed by atoms with Gasteiger partial charge in [-0.2, -0.15) is 0 Å². The minimum absolute atomic E-state index is 0.00174. The summed E-state index contributed by atoms with van der Waals surface area (Å²) >= 11 is 12.2. The van der Waals surface area contributed by atoms with E-state index in [9.17, 15) is 4.79 Å². The molecule has 0 spiro atoms. The molecule has 1 unspecified atom stereocenters. The third-order valence-corrected chi connectivity index (χ3v) is 3.70. The number of rotatable bonds is 6. The van der Waals surface area contributed by atoms with Gasteiger partial charge in [0, 0.05) is 36.7 Å². The topological polar surface area (TPSA) is 59.6 Å². The van der Waals surface area contributed by atoms with Gasteiger partial charge in [-0.05, 0) is 12.1 Å². The number of hydrogen-bond donors (Lipinski definition) is 2. The number of nitrogens with one attached hydrogen (secondary N) is 2. The van der Waals surface area contributed by atoms with Gasteiger partial charge in [-0.1, -0.05) is 23.2 Å². The molecular formula is C14H18Cl2N2O3. The van der Waals surface area contributed by atoms with Crippen LogP contribution in [-0.2, 0) is 9.53 Å². The third-order valence-electron chi connectivity index (χ3n) is 3.20.